The first kappa shape index (κ1) is 23.1. The Morgan fingerprint density at radius 2 is 1.38 bits per heavy atom. The summed E-state index contributed by atoms with van der Waals surface area (Å²) >= 11 is 0. The molecule has 4 nitrogen and oxygen atoms in total. The van der Waals surface area contributed by atoms with Crippen molar-refractivity contribution in [2.75, 3.05) is 6.61 Å². The van der Waals surface area contributed by atoms with Gasteiger partial charge in [0.1, 0.15) is 6.61 Å². The van der Waals surface area contributed by atoms with Gasteiger partial charge in [-0.1, -0.05) is 70.4 Å². The minimum Gasteiger partial charge on any atom is -0.433 e. The van der Waals surface area contributed by atoms with Crippen LogP contribution in [0.4, 0.5) is 0 Å². The normalized spacial score (nSPS) is 12.6. The molecule has 0 amide bonds. The van der Waals surface area contributed by atoms with Crippen LogP contribution in [0.2, 0.25) is 0 Å². The van der Waals surface area contributed by atoms with E-state index in [0.717, 1.165) is 25.7 Å². The van der Waals surface area contributed by atoms with Crippen LogP contribution in [-0.4, -0.2) is 29.1 Å². The molecule has 0 bridgehead atoms. The van der Waals surface area contributed by atoms with Gasteiger partial charge in [-0.2, -0.15) is 0 Å². The number of hydrogen-bond donors (Lipinski definition) is 2. The predicted octanol–water partition coefficient (Wildman–Crippen LogP) is 4.88. The second kappa shape index (κ2) is 18.5. The van der Waals surface area contributed by atoms with Gasteiger partial charge in [0, 0.05) is 6.42 Å². The molecule has 0 aliphatic carbocycles. The Morgan fingerprint density at radius 3 is 1.92 bits per heavy atom. The molecule has 0 fully saturated rings. The second-order valence-electron chi connectivity index (χ2n) is 6.46. The van der Waals surface area contributed by atoms with E-state index in [4.69, 9.17) is 10.2 Å². The van der Waals surface area contributed by atoms with Crippen LogP contribution in [0.5, 0.6) is 0 Å². The summed E-state index contributed by atoms with van der Waals surface area (Å²) in [4.78, 5) is 11.2. The molecule has 2 N–H and O–H groups in total. The van der Waals surface area contributed by atoms with Crippen LogP contribution < -0.4 is 0 Å². The SMILES string of the molecule is CCCCCCCC/C=C\CCCCCCCC(=O)OC(O)CO. The van der Waals surface area contributed by atoms with Crippen molar-refractivity contribution in [2.45, 2.75) is 103 Å². The summed E-state index contributed by atoms with van der Waals surface area (Å²) in [5, 5.41) is 17.5. The Labute approximate surface area is 148 Å². The molecule has 0 aromatic rings. The molecule has 24 heavy (non-hydrogen) atoms. The summed E-state index contributed by atoms with van der Waals surface area (Å²) in [6.07, 6.45) is 19.4. The molecule has 0 saturated carbocycles. The first-order valence-electron chi connectivity index (χ1n) is 9.84. The number of allylic oxidation sites excluding steroid dienone is 2. The Bertz CT molecular complexity index is 302. The summed E-state index contributed by atoms with van der Waals surface area (Å²) in [5.74, 6) is -0.436. The number of rotatable bonds is 17. The van der Waals surface area contributed by atoms with Crippen LogP contribution in [0.1, 0.15) is 96.8 Å². The van der Waals surface area contributed by atoms with Crippen molar-refractivity contribution >= 4 is 5.97 Å². The van der Waals surface area contributed by atoms with Crippen LogP contribution in [-0.2, 0) is 9.53 Å². The molecule has 0 rings (SSSR count). The maximum Gasteiger partial charge on any atom is 0.308 e. The van der Waals surface area contributed by atoms with Gasteiger partial charge < -0.3 is 14.9 Å². The lowest BCUT2D eigenvalue weighted by atomic mass is 10.1. The smallest absolute Gasteiger partial charge is 0.308 e. The zero-order valence-corrected chi connectivity index (χ0v) is 15.5. The minimum absolute atomic E-state index is 0.315. The van der Waals surface area contributed by atoms with Gasteiger partial charge in [0.15, 0.2) is 0 Å². The standard InChI is InChI=1S/C20H38O4/c1-2-3-4-5-6-7-8-9-10-11-12-13-14-15-16-17-19(22)24-20(23)18-21/h9-10,20-21,23H,2-8,11-18H2,1H3/b10-9-. The number of aliphatic hydroxyl groups is 2. The Morgan fingerprint density at radius 1 is 0.875 bits per heavy atom. The van der Waals surface area contributed by atoms with Gasteiger partial charge in [-0.3, -0.25) is 4.79 Å². The Kier molecular flexibility index (Phi) is 17.8. The highest BCUT2D eigenvalue weighted by Crippen LogP contribution is 2.10. The third-order valence-electron chi connectivity index (χ3n) is 4.07. The van der Waals surface area contributed by atoms with E-state index in [1.165, 1.54) is 57.8 Å². The molecule has 0 spiro atoms. The maximum atomic E-state index is 11.2. The van der Waals surface area contributed by atoms with Gasteiger partial charge in [-0.15, -0.1) is 0 Å². The zero-order valence-electron chi connectivity index (χ0n) is 15.5. The van der Waals surface area contributed by atoms with Crippen LogP contribution in [0, 0.1) is 0 Å². The van der Waals surface area contributed by atoms with Crippen LogP contribution in [0.15, 0.2) is 12.2 Å². The molecule has 1 unspecified atom stereocenters. The minimum atomic E-state index is -1.37. The highest BCUT2D eigenvalue weighted by Gasteiger charge is 2.08. The first-order chi connectivity index (χ1) is 11.7. The second-order valence-corrected chi connectivity index (χ2v) is 6.46. The van der Waals surface area contributed by atoms with E-state index < -0.39 is 18.9 Å². The van der Waals surface area contributed by atoms with Gasteiger partial charge in [0.05, 0.1) is 0 Å². The molecule has 1 atom stereocenters. The summed E-state index contributed by atoms with van der Waals surface area (Å²) in [7, 11) is 0. The molecule has 0 radical (unpaired) electrons. The number of ether oxygens (including phenoxy) is 1. The summed E-state index contributed by atoms with van der Waals surface area (Å²) < 4.78 is 4.58. The molecular formula is C20H38O4. The fraction of sp³-hybridized carbons (Fsp3) is 0.850. The van der Waals surface area contributed by atoms with Crippen LogP contribution >= 0.6 is 0 Å². The van der Waals surface area contributed by atoms with Crippen LogP contribution in [0.3, 0.4) is 0 Å². The van der Waals surface area contributed by atoms with Gasteiger partial charge in [0.2, 0.25) is 6.29 Å². The lowest BCUT2D eigenvalue weighted by molar-refractivity contribution is -0.173. The summed E-state index contributed by atoms with van der Waals surface area (Å²) in [6, 6.07) is 0. The molecule has 0 heterocycles. The third-order valence-corrected chi connectivity index (χ3v) is 4.07. The van der Waals surface area contributed by atoms with Gasteiger partial charge in [-0.25, -0.2) is 0 Å². The molecule has 0 saturated heterocycles. The van der Waals surface area contributed by atoms with Gasteiger partial charge >= 0.3 is 5.97 Å². The van der Waals surface area contributed by atoms with Crippen LogP contribution in [0.25, 0.3) is 0 Å². The monoisotopic (exact) mass is 342 g/mol. The quantitative estimate of drug-likeness (QED) is 0.171. The van der Waals surface area contributed by atoms with Crippen molar-refractivity contribution in [1.29, 1.82) is 0 Å². The third kappa shape index (κ3) is 17.5. The fourth-order valence-corrected chi connectivity index (χ4v) is 2.59. The van der Waals surface area contributed by atoms with Crippen molar-refractivity contribution in [3.63, 3.8) is 0 Å². The largest absolute Gasteiger partial charge is 0.433 e. The Balaban J connectivity index is 3.22. The topological polar surface area (TPSA) is 66.8 Å². The van der Waals surface area contributed by atoms with Crippen molar-refractivity contribution < 1.29 is 19.7 Å². The predicted molar refractivity (Wildman–Crippen MR) is 98.6 cm³/mol. The van der Waals surface area contributed by atoms with Crippen molar-refractivity contribution in [3.8, 4) is 0 Å². The lowest BCUT2D eigenvalue weighted by Crippen LogP contribution is -2.20. The average molecular weight is 343 g/mol. The van der Waals surface area contributed by atoms with Crippen molar-refractivity contribution in [2.24, 2.45) is 0 Å². The molecular weight excluding hydrogens is 304 g/mol. The van der Waals surface area contributed by atoms with Crippen molar-refractivity contribution in [3.05, 3.63) is 12.2 Å². The lowest BCUT2D eigenvalue weighted by Gasteiger charge is -2.08. The highest BCUT2D eigenvalue weighted by molar-refractivity contribution is 5.69. The van der Waals surface area contributed by atoms with Gasteiger partial charge in [0.25, 0.3) is 0 Å². The molecule has 0 aliphatic heterocycles. The maximum absolute atomic E-state index is 11.2. The highest BCUT2D eigenvalue weighted by atomic mass is 16.6. The number of carbonyl (C=O) groups is 1. The van der Waals surface area contributed by atoms with E-state index in [1.807, 2.05) is 0 Å². The molecule has 0 aliphatic rings. The van der Waals surface area contributed by atoms with Gasteiger partial charge in [-0.05, 0) is 32.1 Å². The van der Waals surface area contributed by atoms with E-state index in [9.17, 15) is 4.79 Å². The van der Waals surface area contributed by atoms with E-state index in [1.54, 1.807) is 0 Å². The number of carbonyl (C=O) groups excluding carboxylic acids is 1. The zero-order chi connectivity index (χ0) is 17.9. The van der Waals surface area contributed by atoms with Crippen molar-refractivity contribution in [1.82, 2.24) is 0 Å². The number of esters is 1. The van der Waals surface area contributed by atoms with E-state index in [0.29, 0.717) is 6.42 Å². The summed E-state index contributed by atoms with van der Waals surface area (Å²) in [6.45, 7) is 1.71. The molecule has 142 valence electrons. The average Bonchev–Trinajstić information content (AvgIpc) is 2.58. The first-order valence-corrected chi connectivity index (χ1v) is 9.84. The number of unbranched alkanes of at least 4 members (excludes halogenated alkanes) is 11. The summed E-state index contributed by atoms with van der Waals surface area (Å²) in [5.41, 5.74) is 0. The Hall–Kier alpha value is -0.870. The molecule has 0 aromatic carbocycles. The number of aliphatic hydroxyl groups excluding tert-OH is 2. The fourth-order valence-electron chi connectivity index (χ4n) is 2.59. The van der Waals surface area contributed by atoms with E-state index in [2.05, 4.69) is 23.8 Å². The van der Waals surface area contributed by atoms with E-state index >= 15 is 0 Å². The number of hydrogen-bond acceptors (Lipinski definition) is 4. The molecule has 4 heteroatoms. The van der Waals surface area contributed by atoms with E-state index in [-0.39, 0.29) is 0 Å². The molecule has 0 aromatic heterocycles.